The summed E-state index contributed by atoms with van der Waals surface area (Å²) in [5.74, 6) is -2.69. The van der Waals surface area contributed by atoms with Crippen molar-refractivity contribution in [1.29, 1.82) is 0 Å². The van der Waals surface area contributed by atoms with Gasteiger partial charge < -0.3 is 9.63 Å². The van der Waals surface area contributed by atoms with Crippen LogP contribution in [0.25, 0.3) is 22.8 Å². The van der Waals surface area contributed by atoms with Crippen LogP contribution < -0.4 is 0 Å². The lowest BCUT2D eigenvalue weighted by Gasteiger charge is -1.98. The van der Waals surface area contributed by atoms with E-state index in [1.54, 1.807) is 0 Å². The van der Waals surface area contributed by atoms with E-state index >= 15 is 0 Å². The normalized spacial score (nSPS) is 10.8. The fourth-order valence-corrected chi connectivity index (χ4v) is 1.82. The molecule has 0 aliphatic carbocycles. The minimum atomic E-state index is -0.777. The van der Waals surface area contributed by atoms with E-state index in [1.807, 2.05) is 0 Å². The predicted molar refractivity (Wildman–Crippen MR) is 66.7 cm³/mol. The van der Waals surface area contributed by atoms with Gasteiger partial charge in [-0.2, -0.15) is 4.98 Å². The van der Waals surface area contributed by atoms with Gasteiger partial charge in [-0.05, 0) is 24.3 Å². The van der Waals surface area contributed by atoms with Gasteiger partial charge in [-0.1, -0.05) is 5.16 Å². The Hall–Kier alpha value is -2.83. The average Bonchev–Trinajstić information content (AvgIpc) is 2.87. The van der Waals surface area contributed by atoms with E-state index in [0.29, 0.717) is 0 Å². The fraction of sp³-hybridized carbons (Fsp3) is 0. The van der Waals surface area contributed by atoms with Gasteiger partial charge >= 0.3 is 0 Å². The number of rotatable bonds is 2. The van der Waals surface area contributed by atoms with E-state index < -0.39 is 17.5 Å². The van der Waals surface area contributed by atoms with Gasteiger partial charge in [0.25, 0.3) is 5.89 Å². The molecule has 21 heavy (non-hydrogen) atoms. The van der Waals surface area contributed by atoms with Crippen LogP contribution in [0.2, 0.25) is 0 Å². The first-order chi connectivity index (χ1) is 10.0. The Bertz CT molecular complexity index is 797. The second kappa shape index (κ2) is 4.93. The number of hydrogen-bond acceptors (Lipinski definition) is 4. The lowest BCUT2D eigenvalue weighted by atomic mass is 10.2. The quantitative estimate of drug-likeness (QED) is 0.785. The molecule has 0 radical (unpaired) electrons. The molecule has 4 nitrogen and oxygen atoms in total. The Kier molecular flexibility index (Phi) is 3.09. The lowest BCUT2D eigenvalue weighted by Crippen LogP contribution is -1.86. The molecule has 0 spiro atoms. The number of halogens is 3. The van der Waals surface area contributed by atoms with Crippen LogP contribution >= 0.6 is 0 Å². The summed E-state index contributed by atoms with van der Waals surface area (Å²) in [6.07, 6.45) is 0. The molecule has 3 aromatic rings. The van der Waals surface area contributed by atoms with Crippen molar-refractivity contribution in [2.24, 2.45) is 0 Å². The Labute approximate surface area is 116 Å². The topological polar surface area (TPSA) is 59.2 Å². The van der Waals surface area contributed by atoms with E-state index in [1.165, 1.54) is 6.07 Å². The fourth-order valence-electron chi connectivity index (χ4n) is 1.82. The van der Waals surface area contributed by atoms with E-state index in [-0.39, 0.29) is 28.6 Å². The molecule has 0 aliphatic heterocycles. The highest BCUT2D eigenvalue weighted by Crippen LogP contribution is 2.30. The second-order valence-corrected chi connectivity index (χ2v) is 4.24. The maximum Gasteiger partial charge on any atom is 0.262 e. The number of hydrogen-bond donors (Lipinski definition) is 1. The molecule has 1 N–H and O–H groups in total. The summed E-state index contributed by atoms with van der Waals surface area (Å²) in [5, 5.41) is 13.2. The van der Waals surface area contributed by atoms with Gasteiger partial charge in [-0.15, -0.1) is 0 Å². The van der Waals surface area contributed by atoms with Gasteiger partial charge in [0.05, 0.1) is 5.56 Å². The summed E-state index contributed by atoms with van der Waals surface area (Å²) in [5.41, 5.74) is 0.205. The van der Waals surface area contributed by atoms with Crippen LogP contribution in [0.3, 0.4) is 0 Å². The zero-order chi connectivity index (χ0) is 15.0. The number of nitrogens with zero attached hydrogens (tertiary/aromatic N) is 2. The summed E-state index contributed by atoms with van der Waals surface area (Å²) in [4.78, 5) is 3.93. The molecule has 2 aromatic carbocycles. The second-order valence-electron chi connectivity index (χ2n) is 4.24. The van der Waals surface area contributed by atoms with Crippen molar-refractivity contribution in [3.8, 4) is 28.6 Å². The maximum absolute atomic E-state index is 13.1. The van der Waals surface area contributed by atoms with Gasteiger partial charge in [0, 0.05) is 17.7 Å². The van der Waals surface area contributed by atoms with E-state index in [0.717, 1.165) is 30.3 Å². The molecule has 0 saturated carbocycles. The molecular weight excluding hydrogens is 285 g/mol. The van der Waals surface area contributed by atoms with Crippen LogP contribution in [-0.4, -0.2) is 15.2 Å². The molecule has 7 heteroatoms. The van der Waals surface area contributed by atoms with Crippen LogP contribution in [0.4, 0.5) is 13.2 Å². The van der Waals surface area contributed by atoms with Crippen molar-refractivity contribution in [1.82, 2.24) is 10.1 Å². The molecule has 1 heterocycles. The molecule has 106 valence electrons. The number of benzene rings is 2. The van der Waals surface area contributed by atoms with Gasteiger partial charge in [0.2, 0.25) is 5.82 Å². The highest BCUT2D eigenvalue weighted by Gasteiger charge is 2.15. The molecule has 0 atom stereocenters. The maximum atomic E-state index is 13.1. The molecule has 0 saturated heterocycles. The number of phenols is 1. The average molecular weight is 292 g/mol. The Morgan fingerprint density at radius 3 is 2.29 bits per heavy atom. The molecule has 0 bridgehead atoms. The van der Waals surface area contributed by atoms with Crippen LogP contribution in [0, 0.1) is 17.5 Å². The monoisotopic (exact) mass is 292 g/mol. The molecule has 0 fully saturated rings. The van der Waals surface area contributed by atoms with Gasteiger partial charge in [0.15, 0.2) is 0 Å². The van der Waals surface area contributed by atoms with Crippen LogP contribution in [-0.2, 0) is 0 Å². The van der Waals surface area contributed by atoms with E-state index in [9.17, 15) is 18.3 Å². The lowest BCUT2D eigenvalue weighted by molar-refractivity contribution is 0.425. The van der Waals surface area contributed by atoms with Gasteiger partial charge in [0.1, 0.15) is 23.2 Å². The third-order valence-corrected chi connectivity index (χ3v) is 2.74. The van der Waals surface area contributed by atoms with Crippen molar-refractivity contribution >= 4 is 0 Å². The Morgan fingerprint density at radius 2 is 1.62 bits per heavy atom. The largest absolute Gasteiger partial charge is 0.507 e. The molecule has 1 aromatic heterocycles. The van der Waals surface area contributed by atoms with Crippen LogP contribution in [0.15, 0.2) is 40.9 Å². The zero-order valence-corrected chi connectivity index (χ0v) is 10.3. The predicted octanol–water partition coefficient (Wildman–Crippen LogP) is 3.53. The van der Waals surface area contributed by atoms with Crippen molar-refractivity contribution in [2.75, 3.05) is 0 Å². The van der Waals surface area contributed by atoms with Crippen LogP contribution in [0.1, 0.15) is 0 Å². The van der Waals surface area contributed by atoms with E-state index in [4.69, 9.17) is 4.52 Å². The molecule has 3 rings (SSSR count). The standard InChI is InChI=1S/C14H7F3N2O2/c15-8-1-2-11(12(20)6-8)14-18-13(19-21-14)7-3-9(16)5-10(17)4-7/h1-6,20H. The first kappa shape index (κ1) is 13.2. The number of phenolic OH excluding ortho intramolecular Hbond substituents is 1. The minimum Gasteiger partial charge on any atom is -0.507 e. The smallest absolute Gasteiger partial charge is 0.262 e. The third kappa shape index (κ3) is 2.58. The minimum absolute atomic E-state index is 0.0490. The Balaban J connectivity index is 2.03. The van der Waals surface area contributed by atoms with Crippen molar-refractivity contribution in [2.45, 2.75) is 0 Å². The summed E-state index contributed by atoms with van der Waals surface area (Å²) >= 11 is 0. The SMILES string of the molecule is Oc1cc(F)ccc1-c1nc(-c2cc(F)cc(F)c2)no1. The van der Waals surface area contributed by atoms with Crippen molar-refractivity contribution in [3.63, 3.8) is 0 Å². The third-order valence-electron chi connectivity index (χ3n) is 2.74. The molecule has 0 unspecified atom stereocenters. The van der Waals surface area contributed by atoms with E-state index in [2.05, 4.69) is 10.1 Å². The van der Waals surface area contributed by atoms with Gasteiger partial charge in [-0.25, -0.2) is 13.2 Å². The summed E-state index contributed by atoms with van der Waals surface area (Å²) in [6, 6.07) is 6.07. The summed E-state index contributed by atoms with van der Waals surface area (Å²) in [7, 11) is 0. The first-order valence-electron chi connectivity index (χ1n) is 5.82. The van der Waals surface area contributed by atoms with Crippen molar-refractivity contribution < 1.29 is 22.8 Å². The van der Waals surface area contributed by atoms with Crippen LogP contribution in [0.5, 0.6) is 5.75 Å². The zero-order valence-electron chi connectivity index (χ0n) is 10.3. The Morgan fingerprint density at radius 1 is 0.905 bits per heavy atom. The summed E-state index contributed by atoms with van der Waals surface area (Å²) in [6.45, 7) is 0. The van der Waals surface area contributed by atoms with Crippen molar-refractivity contribution in [3.05, 3.63) is 53.8 Å². The number of aromatic hydroxyl groups is 1. The highest BCUT2D eigenvalue weighted by molar-refractivity contribution is 5.64. The molecular formula is C14H7F3N2O2. The highest BCUT2D eigenvalue weighted by atomic mass is 19.1. The van der Waals surface area contributed by atoms with Gasteiger partial charge in [-0.3, -0.25) is 0 Å². The first-order valence-corrected chi connectivity index (χ1v) is 5.82. The number of aromatic nitrogens is 2. The molecule has 0 amide bonds. The summed E-state index contributed by atoms with van der Waals surface area (Å²) < 4.78 is 44.1. The molecule has 0 aliphatic rings.